The fourth-order valence-corrected chi connectivity index (χ4v) is 8.46. The zero-order valence-corrected chi connectivity index (χ0v) is 33.9. The summed E-state index contributed by atoms with van der Waals surface area (Å²) in [6.07, 6.45) is -0.201. The summed E-state index contributed by atoms with van der Waals surface area (Å²) in [6, 6.07) is 9.02. The molecule has 2 amide bonds. The number of nitrogens with one attached hydrogen (secondary N) is 2. The monoisotopic (exact) mass is 858 g/mol. The van der Waals surface area contributed by atoms with Crippen LogP contribution in [0.4, 0.5) is 9.59 Å². The van der Waals surface area contributed by atoms with Crippen LogP contribution in [0.1, 0.15) is 100 Å². The SMILES string of the molecule is COc1cccc2c1C(=O)c1c(O)c3c(c(O)c1C2=O)C[C@@](O)(C(=O)CO)CC3OC1CC(NC(=O)OCc2ccc(OC(=O)NC3CC[C+]=CCCC3N)cc2)C(O)C(C)O1. The number of nitrogens with two attached hydrogens (primary N) is 1. The minimum atomic E-state index is -2.37. The van der Waals surface area contributed by atoms with Crippen LogP contribution in [0.15, 0.2) is 48.5 Å². The number of benzene rings is 3. The van der Waals surface area contributed by atoms with Gasteiger partial charge in [-0.15, -0.1) is 0 Å². The Morgan fingerprint density at radius 1 is 0.968 bits per heavy atom. The third-order valence-electron chi connectivity index (χ3n) is 11.8. The number of aliphatic hydroxyl groups is 3. The predicted octanol–water partition coefficient (Wildman–Crippen LogP) is 2.69. The first-order chi connectivity index (χ1) is 29.6. The number of fused-ring (bicyclic) bond motifs is 3. The molecular formula is C44H48N3O15+. The quantitative estimate of drug-likeness (QED) is 0.0841. The topological polar surface area (TPSA) is 283 Å². The Bertz CT molecular complexity index is 2280. The molecule has 0 radical (unpaired) electrons. The van der Waals surface area contributed by atoms with Crippen LogP contribution in [0.25, 0.3) is 0 Å². The van der Waals surface area contributed by atoms with Crippen molar-refractivity contribution >= 4 is 29.5 Å². The molecule has 18 heteroatoms. The lowest BCUT2D eigenvalue weighted by molar-refractivity contribution is -0.249. The van der Waals surface area contributed by atoms with Crippen molar-refractivity contribution in [2.45, 2.75) is 107 Å². The number of phenolic OH excluding ortho intramolecular Hbond substituents is 2. The van der Waals surface area contributed by atoms with Crippen LogP contribution < -0.4 is 25.8 Å². The Hall–Kier alpha value is -5.98. The summed E-state index contributed by atoms with van der Waals surface area (Å²) in [6.45, 7) is 0.205. The maximum Gasteiger partial charge on any atom is 0.412 e. The zero-order valence-electron chi connectivity index (χ0n) is 33.9. The second kappa shape index (κ2) is 18.2. The maximum atomic E-state index is 14.0. The van der Waals surface area contributed by atoms with Gasteiger partial charge in [-0.25, -0.2) is 9.59 Å². The first-order valence-corrected chi connectivity index (χ1v) is 20.2. The molecule has 0 bridgehead atoms. The standard InChI is InChI=1S/C44H47N3O15/c1-21-37(50)28(47-42(55)59-20-22-12-14-23(15-13-22)61-43(56)46-27-10-6-4-3-5-9-26(27)45)16-32(60-21)62-30-18-44(57,31(49)19-48)17-25-34(30)41(54)36-35(39(25)52)38(51)24-8-7-11-29(58-2)33(24)40(36)53/h3,7-8,11-15,21,26-28,30,32,37,48,50,57H,5-6,9-10,16-20,45H2,1-2H3,(H3-,46,47,51,52,53,54,55,56)/p+1/t21?,26?,27?,28?,30?,32?,37?,44-/m0/s1. The first kappa shape index (κ1) is 44.1. The van der Waals surface area contributed by atoms with Gasteiger partial charge in [0, 0.05) is 54.8 Å². The summed E-state index contributed by atoms with van der Waals surface area (Å²) >= 11 is 0. The second-order valence-corrected chi connectivity index (χ2v) is 15.8. The average Bonchev–Trinajstić information content (AvgIpc) is 3.24. The van der Waals surface area contributed by atoms with E-state index < -0.39 is 108 Å². The molecule has 62 heavy (non-hydrogen) atoms. The van der Waals surface area contributed by atoms with E-state index in [-0.39, 0.29) is 58.9 Å². The minimum absolute atomic E-state index is 0.0479. The number of allylic oxidation sites excluding steroid dienone is 2. The first-order valence-electron chi connectivity index (χ1n) is 20.2. The largest absolute Gasteiger partial charge is 0.507 e. The van der Waals surface area contributed by atoms with E-state index in [0.717, 1.165) is 6.42 Å². The molecule has 1 aliphatic heterocycles. The molecule has 18 nitrogen and oxygen atoms in total. The fraction of sp³-hybridized carbons (Fsp3) is 0.432. The second-order valence-electron chi connectivity index (χ2n) is 15.8. The Balaban J connectivity index is 1.04. The molecule has 3 aromatic carbocycles. The molecular weight excluding hydrogens is 810 g/mol. The van der Waals surface area contributed by atoms with Gasteiger partial charge in [0.2, 0.25) is 11.9 Å². The lowest BCUT2D eigenvalue weighted by Gasteiger charge is -2.42. The van der Waals surface area contributed by atoms with Gasteiger partial charge in [0.25, 0.3) is 0 Å². The van der Waals surface area contributed by atoms with Gasteiger partial charge in [-0.2, -0.15) is 0 Å². The molecule has 7 unspecified atom stereocenters. The highest BCUT2D eigenvalue weighted by molar-refractivity contribution is 6.31. The fourth-order valence-electron chi connectivity index (χ4n) is 8.46. The lowest BCUT2D eigenvalue weighted by Crippen LogP contribution is -2.56. The number of methoxy groups -OCH3 is 1. The molecule has 1 fully saturated rings. The normalized spacial score (nSPS) is 26.6. The van der Waals surface area contributed by atoms with E-state index in [4.69, 9.17) is 29.4 Å². The molecule has 0 aromatic heterocycles. The van der Waals surface area contributed by atoms with E-state index in [1.165, 1.54) is 44.4 Å². The van der Waals surface area contributed by atoms with Gasteiger partial charge in [0.05, 0.1) is 48.1 Å². The third-order valence-corrected chi connectivity index (χ3v) is 11.8. The van der Waals surface area contributed by atoms with Crippen LogP contribution in [-0.2, 0) is 32.0 Å². The molecule has 0 spiro atoms. The van der Waals surface area contributed by atoms with Gasteiger partial charge in [0.1, 0.15) is 47.9 Å². The Morgan fingerprint density at radius 2 is 1.69 bits per heavy atom. The van der Waals surface area contributed by atoms with Crippen LogP contribution >= 0.6 is 0 Å². The molecule has 4 aliphatic rings. The predicted molar refractivity (Wildman–Crippen MR) is 215 cm³/mol. The van der Waals surface area contributed by atoms with Crippen LogP contribution in [-0.4, -0.2) is 111 Å². The molecule has 8 atom stereocenters. The van der Waals surface area contributed by atoms with Crippen molar-refractivity contribution in [3.63, 3.8) is 0 Å². The molecule has 3 aliphatic carbocycles. The number of hydrogen-bond donors (Lipinski definition) is 8. The molecule has 1 saturated heterocycles. The van der Waals surface area contributed by atoms with E-state index in [2.05, 4.69) is 16.7 Å². The number of carbonyl (C=O) groups excluding carboxylic acids is 5. The molecule has 0 saturated carbocycles. The highest BCUT2D eigenvalue weighted by Gasteiger charge is 2.50. The molecule has 3 aromatic rings. The summed E-state index contributed by atoms with van der Waals surface area (Å²) in [4.78, 5) is 66.3. The number of alkyl carbamates (subject to hydrolysis) is 1. The smallest absolute Gasteiger partial charge is 0.412 e. The number of phenols is 2. The summed E-state index contributed by atoms with van der Waals surface area (Å²) < 4.78 is 28.3. The number of Topliss-reactive ketones (excluding diaryl/α,β-unsaturated/α-hetero) is 1. The number of rotatable bonds is 10. The minimum Gasteiger partial charge on any atom is -0.507 e. The Kier molecular flexibility index (Phi) is 12.9. The van der Waals surface area contributed by atoms with Crippen molar-refractivity contribution in [3.8, 4) is 23.0 Å². The van der Waals surface area contributed by atoms with Crippen LogP contribution in [0, 0.1) is 6.08 Å². The highest BCUT2D eigenvalue weighted by Crippen LogP contribution is 2.52. The number of aliphatic hydroxyl groups excluding tert-OH is 2. The van der Waals surface area contributed by atoms with Gasteiger partial charge in [0.15, 0.2) is 30.4 Å². The van der Waals surface area contributed by atoms with Gasteiger partial charge in [-0.05, 0) is 37.1 Å². The number of ketones is 3. The number of carbonyl (C=O) groups is 5. The molecule has 9 N–H and O–H groups in total. The van der Waals surface area contributed by atoms with Gasteiger partial charge >= 0.3 is 12.2 Å². The number of hydrogen-bond acceptors (Lipinski definition) is 16. The van der Waals surface area contributed by atoms with Gasteiger partial charge < -0.3 is 65.6 Å². The van der Waals surface area contributed by atoms with Crippen molar-refractivity contribution in [3.05, 3.63) is 93.6 Å². The van der Waals surface area contributed by atoms with Crippen molar-refractivity contribution in [1.29, 1.82) is 0 Å². The molecule has 7 rings (SSSR count). The van der Waals surface area contributed by atoms with E-state index >= 15 is 0 Å². The van der Waals surface area contributed by atoms with Crippen molar-refractivity contribution in [2.24, 2.45) is 5.73 Å². The van der Waals surface area contributed by atoms with Gasteiger partial charge in [-0.3, -0.25) is 14.4 Å². The van der Waals surface area contributed by atoms with Crippen molar-refractivity contribution < 1.29 is 73.2 Å². The summed E-state index contributed by atoms with van der Waals surface area (Å²) in [5.74, 6) is -3.93. The number of aromatic hydroxyl groups is 2. The Labute approximate surface area is 355 Å². The Morgan fingerprint density at radius 3 is 2.42 bits per heavy atom. The van der Waals surface area contributed by atoms with E-state index in [1.807, 2.05) is 6.08 Å². The summed E-state index contributed by atoms with van der Waals surface area (Å²) in [5, 5.41) is 61.2. The number of ether oxygens (including phenoxy) is 5. The van der Waals surface area contributed by atoms with E-state index in [1.54, 1.807) is 12.1 Å². The maximum absolute atomic E-state index is 14.0. The summed E-state index contributed by atoms with van der Waals surface area (Å²) in [7, 11) is 1.30. The number of amides is 2. The van der Waals surface area contributed by atoms with Crippen molar-refractivity contribution in [1.82, 2.24) is 10.6 Å². The van der Waals surface area contributed by atoms with E-state index in [9.17, 15) is 49.5 Å². The highest BCUT2D eigenvalue weighted by atomic mass is 16.7. The lowest BCUT2D eigenvalue weighted by atomic mass is 9.72. The average molecular weight is 859 g/mol. The molecule has 328 valence electrons. The zero-order chi connectivity index (χ0) is 44.5. The molecule has 1 heterocycles. The van der Waals surface area contributed by atoms with Crippen LogP contribution in [0.5, 0.6) is 23.0 Å². The van der Waals surface area contributed by atoms with Crippen molar-refractivity contribution in [2.75, 3.05) is 13.7 Å². The van der Waals surface area contributed by atoms with Gasteiger partial charge in [-0.1, -0.05) is 24.3 Å². The summed E-state index contributed by atoms with van der Waals surface area (Å²) in [5.41, 5.74) is 2.59. The van der Waals surface area contributed by atoms with Crippen LogP contribution in [0.3, 0.4) is 0 Å². The van der Waals surface area contributed by atoms with Crippen LogP contribution in [0.2, 0.25) is 0 Å². The van der Waals surface area contributed by atoms with E-state index in [0.29, 0.717) is 24.8 Å². The third kappa shape index (κ3) is 8.71.